The molecule has 5 heteroatoms. The molecule has 4 nitrogen and oxygen atoms in total. The van der Waals surface area contributed by atoms with Crippen LogP contribution >= 0.6 is 15.9 Å². The van der Waals surface area contributed by atoms with Crippen molar-refractivity contribution >= 4 is 33.2 Å². The normalized spacial score (nSPS) is 10.0. The molecular weight excluding hydrogens is 308 g/mol. The number of amides is 1. The molecule has 0 saturated heterocycles. The number of methoxy groups -OCH3 is 1. The highest BCUT2D eigenvalue weighted by atomic mass is 79.9. The summed E-state index contributed by atoms with van der Waals surface area (Å²) in [6.07, 6.45) is 0. The Morgan fingerprint density at radius 3 is 2.53 bits per heavy atom. The van der Waals surface area contributed by atoms with Gasteiger partial charge in [0.15, 0.2) is 0 Å². The summed E-state index contributed by atoms with van der Waals surface area (Å²) in [5.74, 6) is 0.490. The van der Waals surface area contributed by atoms with Gasteiger partial charge in [0.1, 0.15) is 5.75 Å². The van der Waals surface area contributed by atoms with Crippen molar-refractivity contribution in [2.24, 2.45) is 0 Å². The standard InChI is InChI=1S/C14H13BrN2O2/c1-19-11-5-3-10(4-6-11)17-14(18)12-8-9(15)2-7-13(12)16/h2-8H,16H2,1H3,(H,17,18). The van der Waals surface area contributed by atoms with Gasteiger partial charge in [0.25, 0.3) is 5.91 Å². The van der Waals surface area contributed by atoms with Crippen LogP contribution in [0.5, 0.6) is 5.75 Å². The van der Waals surface area contributed by atoms with Crippen molar-refractivity contribution in [3.8, 4) is 5.75 Å². The van der Waals surface area contributed by atoms with Crippen LogP contribution in [-0.2, 0) is 0 Å². The fraction of sp³-hybridized carbons (Fsp3) is 0.0714. The Kier molecular flexibility index (Phi) is 4.06. The molecule has 2 aromatic carbocycles. The molecular formula is C14H13BrN2O2. The third-order valence-corrected chi connectivity index (χ3v) is 3.10. The van der Waals surface area contributed by atoms with E-state index in [4.69, 9.17) is 10.5 Å². The SMILES string of the molecule is COc1ccc(NC(=O)c2cc(Br)ccc2N)cc1. The van der Waals surface area contributed by atoms with Gasteiger partial charge < -0.3 is 15.8 Å². The second-order valence-electron chi connectivity index (χ2n) is 3.91. The monoisotopic (exact) mass is 320 g/mol. The molecule has 0 fully saturated rings. The van der Waals surface area contributed by atoms with Gasteiger partial charge in [-0.25, -0.2) is 0 Å². The highest BCUT2D eigenvalue weighted by Gasteiger charge is 2.10. The molecule has 0 bridgehead atoms. The van der Waals surface area contributed by atoms with Crippen LogP contribution in [0.4, 0.5) is 11.4 Å². The number of benzene rings is 2. The van der Waals surface area contributed by atoms with Gasteiger partial charge in [0.2, 0.25) is 0 Å². The first-order valence-corrected chi connectivity index (χ1v) is 6.40. The van der Waals surface area contributed by atoms with Gasteiger partial charge in [0.05, 0.1) is 12.7 Å². The van der Waals surface area contributed by atoms with E-state index in [1.54, 1.807) is 49.6 Å². The maximum absolute atomic E-state index is 12.1. The second-order valence-corrected chi connectivity index (χ2v) is 4.83. The van der Waals surface area contributed by atoms with Gasteiger partial charge >= 0.3 is 0 Å². The quantitative estimate of drug-likeness (QED) is 0.853. The molecule has 0 heterocycles. The Balaban J connectivity index is 2.18. The van der Waals surface area contributed by atoms with Crippen molar-refractivity contribution in [1.29, 1.82) is 0 Å². The predicted octanol–water partition coefficient (Wildman–Crippen LogP) is 3.29. The molecule has 0 aromatic heterocycles. The summed E-state index contributed by atoms with van der Waals surface area (Å²) in [5, 5.41) is 2.78. The summed E-state index contributed by atoms with van der Waals surface area (Å²) in [4.78, 5) is 12.1. The lowest BCUT2D eigenvalue weighted by Gasteiger charge is -2.08. The molecule has 0 spiro atoms. The van der Waals surface area contributed by atoms with Crippen molar-refractivity contribution in [1.82, 2.24) is 0 Å². The molecule has 2 aromatic rings. The van der Waals surface area contributed by atoms with Gasteiger partial charge in [-0.15, -0.1) is 0 Å². The number of carbonyl (C=O) groups is 1. The maximum atomic E-state index is 12.1. The predicted molar refractivity (Wildman–Crippen MR) is 79.5 cm³/mol. The van der Waals surface area contributed by atoms with E-state index in [0.717, 1.165) is 10.2 Å². The third-order valence-electron chi connectivity index (χ3n) is 2.61. The third kappa shape index (κ3) is 3.26. The van der Waals surface area contributed by atoms with E-state index >= 15 is 0 Å². The summed E-state index contributed by atoms with van der Waals surface area (Å²) in [5.41, 5.74) is 7.35. The van der Waals surface area contributed by atoms with Crippen molar-refractivity contribution in [3.63, 3.8) is 0 Å². The van der Waals surface area contributed by atoms with Crippen LogP contribution in [0.3, 0.4) is 0 Å². The zero-order valence-corrected chi connectivity index (χ0v) is 11.9. The molecule has 0 saturated carbocycles. The number of hydrogen-bond acceptors (Lipinski definition) is 3. The maximum Gasteiger partial charge on any atom is 0.257 e. The number of halogens is 1. The minimum atomic E-state index is -0.246. The number of anilines is 2. The van der Waals surface area contributed by atoms with Gasteiger partial charge in [-0.3, -0.25) is 4.79 Å². The van der Waals surface area contributed by atoms with Gasteiger partial charge in [-0.1, -0.05) is 15.9 Å². The van der Waals surface area contributed by atoms with E-state index in [1.807, 2.05) is 0 Å². The zero-order chi connectivity index (χ0) is 13.8. The highest BCUT2D eigenvalue weighted by Crippen LogP contribution is 2.21. The average molecular weight is 321 g/mol. The van der Waals surface area contributed by atoms with Gasteiger partial charge in [-0.2, -0.15) is 0 Å². The number of nitrogen functional groups attached to an aromatic ring is 1. The minimum absolute atomic E-state index is 0.246. The Labute approximate surface area is 119 Å². The van der Waals surface area contributed by atoms with Crippen LogP contribution < -0.4 is 15.8 Å². The molecule has 1 amide bonds. The minimum Gasteiger partial charge on any atom is -0.497 e. The largest absolute Gasteiger partial charge is 0.497 e. The van der Waals surface area contributed by atoms with Crippen LogP contribution in [0.15, 0.2) is 46.9 Å². The van der Waals surface area contributed by atoms with Crippen LogP contribution in [0.1, 0.15) is 10.4 Å². The zero-order valence-electron chi connectivity index (χ0n) is 10.3. The van der Waals surface area contributed by atoms with Crippen molar-refractivity contribution in [2.75, 3.05) is 18.2 Å². The van der Waals surface area contributed by atoms with Crippen LogP contribution in [0.25, 0.3) is 0 Å². The van der Waals surface area contributed by atoms with Gasteiger partial charge in [-0.05, 0) is 42.5 Å². The molecule has 0 atom stereocenters. The molecule has 2 rings (SSSR count). The molecule has 0 unspecified atom stereocenters. The van der Waals surface area contributed by atoms with Crippen molar-refractivity contribution in [3.05, 3.63) is 52.5 Å². The molecule has 3 N–H and O–H groups in total. The smallest absolute Gasteiger partial charge is 0.257 e. The Hall–Kier alpha value is -2.01. The topological polar surface area (TPSA) is 64.3 Å². The number of nitrogens with one attached hydrogen (secondary N) is 1. The van der Waals surface area contributed by atoms with Crippen LogP contribution in [0.2, 0.25) is 0 Å². The molecule has 19 heavy (non-hydrogen) atoms. The van der Waals surface area contributed by atoms with Crippen LogP contribution in [-0.4, -0.2) is 13.0 Å². The van der Waals surface area contributed by atoms with E-state index < -0.39 is 0 Å². The van der Waals surface area contributed by atoms with E-state index in [9.17, 15) is 4.79 Å². The fourth-order valence-electron chi connectivity index (χ4n) is 1.60. The summed E-state index contributed by atoms with van der Waals surface area (Å²) >= 11 is 3.32. The van der Waals surface area contributed by atoms with Gasteiger partial charge in [0, 0.05) is 15.8 Å². The fourth-order valence-corrected chi connectivity index (χ4v) is 1.96. The van der Waals surface area contributed by atoms with E-state index in [-0.39, 0.29) is 5.91 Å². The number of ether oxygens (including phenoxy) is 1. The molecule has 0 radical (unpaired) electrons. The summed E-state index contributed by atoms with van der Waals surface area (Å²) in [7, 11) is 1.59. The van der Waals surface area contributed by atoms with Crippen molar-refractivity contribution < 1.29 is 9.53 Å². The van der Waals surface area contributed by atoms with E-state index in [2.05, 4.69) is 21.2 Å². The Morgan fingerprint density at radius 2 is 1.89 bits per heavy atom. The van der Waals surface area contributed by atoms with Crippen LogP contribution in [0, 0.1) is 0 Å². The summed E-state index contributed by atoms with van der Waals surface area (Å²) < 4.78 is 5.86. The lowest BCUT2D eigenvalue weighted by atomic mass is 10.1. The first kappa shape index (κ1) is 13.4. The average Bonchev–Trinajstić information content (AvgIpc) is 2.42. The Morgan fingerprint density at radius 1 is 1.21 bits per heavy atom. The highest BCUT2D eigenvalue weighted by molar-refractivity contribution is 9.10. The lowest BCUT2D eigenvalue weighted by molar-refractivity contribution is 0.102. The number of hydrogen-bond donors (Lipinski definition) is 2. The summed E-state index contributed by atoms with van der Waals surface area (Å²) in [6, 6.07) is 12.3. The first-order valence-electron chi connectivity index (χ1n) is 5.60. The number of nitrogens with two attached hydrogens (primary N) is 1. The van der Waals surface area contributed by atoms with Crippen molar-refractivity contribution in [2.45, 2.75) is 0 Å². The first-order chi connectivity index (χ1) is 9.10. The Bertz CT molecular complexity index is 597. The lowest BCUT2D eigenvalue weighted by Crippen LogP contribution is -2.14. The van der Waals surface area contributed by atoms with E-state index in [0.29, 0.717) is 16.9 Å². The number of rotatable bonds is 3. The second kappa shape index (κ2) is 5.75. The molecule has 98 valence electrons. The molecule has 0 aliphatic heterocycles. The summed E-state index contributed by atoms with van der Waals surface area (Å²) in [6.45, 7) is 0. The molecule has 0 aliphatic carbocycles. The number of carbonyl (C=O) groups excluding carboxylic acids is 1. The molecule has 0 aliphatic rings. The van der Waals surface area contributed by atoms with E-state index in [1.165, 1.54) is 0 Å².